The van der Waals surface area contributed by atoms with Crippen LogP contribution in [0.1, 0.15) is 15.9 Å². The Labute approximate surface area is 87.3 Å². The van der Waals surface area contributed by atoms with E-state index < -0.39 is 15.6 Å². The summed E-state index contributed by atoms with van der Waals surface area (Å²) in [6, 6.07) is 6.65. The van der Waals surface area contributed by atoms with Gasteiger partial charge in [0.15, 0.2) is 9.84 Å². The Kier molecular flexibility index (Phi) is 2.12. The number of nitrogens with two attached hydrogens (primary N) is 1. The van der Waals surface area contributed by atoms with E-state index in [-0.39, 0.29) is 10.7 Å². The molecule has 1 heterocycles. The summed E-state index contributed by atoms with van der Waals surface area (Å²) in [5, 5.41) is 0. The minimum atomic E-state index is -3.55. The number of benzene rings is 1. The van der Waals surface area contributed by atoms with Crippen molar-refractivity contribution in [3.8, 4) is 0 Å². The van der Waals surface area contributed by atoms with Crippen molar-refractivity contribution in [2.45, 2.75) is 5.75 Å². The first-order valence-corrected chi connectivity index (χ1v) is 5.99. The highest BCUT2D eigenvalue weighted by molar-refractivity contribution is 7.95. The van der Waals surface area contributed by atoms with Crippen molar-refractivity contribution in [2.75, 3.05) is 0 Å². The Balaban J connectivity index is 2.72. The average molecular weight is 223 g/mol. The van der Waals surface area contributed by atoms with Gasteiger partial charge in [-0.05, 0) is 5.56 Å². The predicted molar refractivity (Wildman–Crippen MR) is 55.7 cm³/mol. The minimum absolute atomic E-state index is 0.155. The lowest BCUT2D eigenvalue weighted by Gasteiger charge is -2.16. The summed E-state index contributed by atoms with van der Waals surface area (Å²) < 4.78 is 23.2. The van der Waals surface area contributed by atoms with Gasteiger partial charge in [0.25, 0.3) is 0 Å². The monoisotopic (exact) mass is 223 g/mol. The van der Waals surface area contributed by atoms with E-state index in [0.29, 0.717) is 11.1 Å². The molecule has 0 spiro atoms. The van der Waals surface area contributed by atoms with Crippen LogP contribution < -0.4 is 5.73 Å². The van der Waals surface area contributed by atoms with E-state index >= 15 is 0 Å². The zero-order valence-electron chi connectivity index (χ0n) is 7.80. The van der Waals surface area contributed by atoms with E-state index in [1.165, 1.54) is 0 Å². The molecule has 2 rings (SSSR count). The standard InChI is InChI=1S/C10H9NO3S/c11-5-9-10(12)8-4-2-1-3-7(8)6-15(9,13)14/h1-5H,6,11H2. The van der Waals surface area contributed by atoms with Crippen molar-refractivity contribution in [1.82, 2.24) is 0 Å². The predicted octanol–water partition coefficient (Wildman–Crippen LogP) is 0.598. The van der Waals surface area contributed by atoms with Crippen LogP contribution in [0.3, 0.4) is 0 Å². The first kappa shape index (κ1) is 9.92. The normalized spacial score (nSPS) is 21.3. The fourth-order valence-corrected chi connectivity index (χ4v) is 3.02. The summed E-state index contributed by atoms with van der Waals surface area (Å²) in [5.74, 6) is -0.669. The molecule has 0 amide bonds. The molecule has 0 saturated carbocycles. The Morgan fingerprint density at radius 2 is 1.93 bits per heavy atom. The third-order valence-corrected chi connectivity index (χ3v) is 4.00. The van der Waals surface area contributed by atoms with Crippen LogP contribution in [0.15, 0.2) is 35.4 Å². The van der Waals surface area contributed by atoms with Gasteiger partial charge in [-0.1, -0.05) is 24.3 Å². The Morgan fingerprint density at radius 3 is 2.60 bits per heavy atom. The Hall–Kier alpha value is -1.62. The first-order chi connectivity index (χ1) is 7.06. The van der Waals surface area contributed by atoms with Crippen LogP contribution in [0.25, 0.3) is 0 Å². The zero-order chi connectivity index (χ0) is 11.1. The highest BCUT2D eigenvalue weighted by atomic mass is 32.2. The molecule has 15 heavy (non-hydrogen) atoms. The molecule has 78 valence electrons. The van der Waals surface area contributed by atoms with Crippen LogP contribution in [0.2, 0.25) is 0 Å². The van der Waals surface area contributed by atoms with E-state index in [0.717, 1.165) is 6.20 Å². The van der Waals surface area contributed by atoms with Crippen molar-refractivity contribution in [3.05, 3.63) is 46.5 Å². The largest absolute Gasteiger partial charge is 0.403 e. The van der Waals surface area contributed by atoms with Gasteiger partial charge in [0.1, 0.15) is 4.91 Å². The maximum absolute atomic E-state index is 11.7. The third-order valence-electron chi connectivity index (χ3n) is 2.32. The van der Waals surface area contributed by atoms with Gasteiger partial charge in [0.05, 0.1) is 5.75 Å². The molecule has 0 aliphatic carbocycles. The number of allylic oxidation sites excluding steroid dienone is 1. The molecular formula is C10H9NO3S. The second-order valence-corrected chi connectivity index (χ2v) is 5.23. The first-order valence-electron chi connectivity index (χ1n) is 4.33. The number of hydrogen-bond donors (Lipinski definition) is 1. The van der Waals surface area contributed by atoms with Gasteiger partial charge in [-0.25, -0.2) is 8.42 Å². The van der Waals surface area contributed by atoms with Crippen LogP contribution in [-0.2, 0) is 15.6 Å². The van der Waals surface area contributed by atoms with Crippen molar-refractivity contribution in [3.63, 3.8) is 0 Å². The molecule has 0 fully saturated rings. The van der Waals surface area contributed by atoms with Crippen LogP contribution >= 0.6 is 0 Å². The number of ketones is 1. The quantitative estimate of drug-likeness (QED) is 0.653. The maximum atomic E-state index is 11.7. The Morgan fingerprint density at radius 1 is 1.27 bits per heavy atom. The molecule has 0 radical (unpaired) electrons. The molecule has 0 unspecified atom stereocenters. The van der Waals surface area contributed by atoms with Crippen molar-refractivity contribution >= 4 is 15.6 Å². The van der Waals surface area contributed by atoms with Gasteiger partial charge >= 0.3 is 0 Å². The molecule has 0 atom stereocenters. The number of rotatable bonds is 0. The number of Topliss-reactive ketones (excluding diaryl/α,β-unsaturated/α-hetero) is 1. The van der Waals surface area contributed by atoms with Gasteiger partial charge in [-0.3, -0.25) is 4.79 Å². The fraction of sp³-hybridized carbons (Fsp3) is 0.100. The highest BCUT2D eigenvalue weighted by Gasteiger charge is 2.33. The minimum Gasteiger partial charge on any atom is -0.403 e. The number of carbonyl (C=O) groups is 1. The van der Waals surface area contributed by atoms with Crippen LogP contribution in [0.4, 0.5) is 0 Å². The molecule has 1 aliphatic heterocycles. The molecule has 4 nitrogen and oxygen atoms in total. The molecule has 2 N–H and O–H groups in total. The van der Waals surface area contributed by atoms with Crippen LogP contribution in [-0.4, -0.2) is 14.2 Å². The van der Waals surface area contributed by atoms with Gasteiger partial charge < -0.3 is 5.73 Å². The van der Waals surface area contributed by atoms with E-state index in [9.17, 15) is 13.2 Å². The third kappa shape index (κ3) is 1.45. The summed E-state index contributed by atoms with van der Waals surface area (Å²) in [7, 11) is -3.55. The lowest BCUT2D eigenvalue weighted by atomic mass is 10.0. The molecule has 0 saturated heterocycles. The molecule has 5 heteroatoms. The topological polar surface area (TPSA) is 77.2 Å². The zero-order valence-corrected chi connectivity index (χ0v) is 8.62. The van der Waals surface area contributed by atoms with Gasteiger partial charge in [0.2, 0.25) is 5.78 Å². The summed E-state index contributed by atoms with van der Waals surface area (Å²) in [6.45, 7) is 0. The summed E-state index contributed by atoms with van der Waals surface area (Å²) >= 11 is 0. The molecule has 0 bridgehead atoms. The molecular weight excluding hydrogens is 214 g/mol. The smallest absolute Gasteiger partial charge is 0.206 e. The molecule has 1 aromatic carbocycles. The Bertz CT molecular complexity index is 558. The SMILES string of the molecule is NC=C1C(=O)c2ccccc2CS1(=O)=O. The van der Waals surface area contributed by atoms with Crippen molar-refractivity contribution in [2.24, 2.45) is 5.73 Å². The number of fused-ring (bicyclic) bond motifs is 1. The van der Waals surface area contributed by atoms with E-state index in [1.54, 1.807) is 24.3 Å². The lowest BCUT2D eigenvalue weighted by Crippen LogP contribution is -2.24. The van der Waals surface area contributed by atoms with Crippen LogP contribution in [0.5, 0.6) is 0 Å². The van der Waals surface area contributed by atoms with Crippen LogP contribution in [0, 0.1) is 0 Å². The van der Waals surface area contributed by atoms with Gasteiger partial charge in [-0.15, -0.1) is 0 Å². The highest BCUT2D eigenvalue weighted by Crippen LogP contribution is 2.27. The van der Waals surface area contributed by atoms with Crippen molar-refractivity contribution in [1.29, 1.82) is 0 Å². The number of hydrogen-bond acceptors (Lipinski definition) is 4. The lowest BCUT2D eigenvalue weighted by molar-refractivity contribution is 0.104. The second-order valence-electron chi connectivity index (χ2n) is 3.28. The molecule has 0 aromatic heterocycles. The average Bonchev–Trinajstić information content (AvgIpc) is 2.17. The van der Waals surface area contributed by atoms with Gasteiger partial charge in [-0.2, -0.15) is 0 Å². The fourth-order valence-electron chi connectivity index (χ4n) is 1.60. The number of sulfone groups is 1. The number of carbonyl (C=O) groups excluding carboxylic acids is 1. The van der Waals surface area contributed by atoms with Gasteiger partial charge in [0, 0.05) is 11.8 Å². The maximum Gasteiger partial charge on any atom is 0.206 e. The molecule has 1 aromatic rings. The van der Waals surface area contributed by atoms with E-state index in [4.69, 9.17) is 5.73 Å². The van der Waals surface area contributed by atoms with E-state index in [1.807, 2.05) is 0 Å². The molecule has 1 aliphatic rings. The summed E-state index contributed by atoms with van der Waals surface area (Å²) in [4.78, 5) is 11.4. The summed E-state index contributed by atoms with van der Waals surface area (Å²) in [6.07, 6.45) is 0.869. The second kappa shape index (κ2) is 3.20. The van der Waals surface area contributed by atoms with Crippen molar-refractivity contribution < 1.29 is 13.2 Å². The summed E-state index contributed by atoms with van der Waals surface area (Å²) in [5.41, 5.74) is 6.12. The van der Waals surface area contributed by atoms with E-state index in [2.05, 4.69) is 0 Å².